The average molecular weight is 210 g/mol. The molecule has 0 heterocycles. The second-order valence-corrected chi connectivity index (χ2v) is 6.01. The van der Waals surface area contributed by atoms with Crippen molar-refractivity contribution in [2.45, 2.75) is 52.0 Å². The van der Waals surface area contributed by atoms with Gasteiger partial charge in [-0.25, -0.2) is 0 Å². The zero-order chi connectivity index (χ0) is 10.7. The van der Waals surface area contributed by atoms with Crippen LogP contribution in [-0.2, 0) is 0 Å². The topological polar surface area (TPSA) is 24.1 Å². The van der Waals surface area contributed by atoms with Gasteiger partial charge in [0.2, 0.25) is 0 Å². The average Bonchev–Trinajstić information content (AvgIpc) is 2.92. The van der Waals surface area contributed by atoms with E-state index < -0.39 is 0 Å². The molecule has 0 aromatic rings. The lowest BCUT2D eigenvalue weighted by atomic mass is 9.82. The molecule has 15 heavy (non-hydrogen) atoms. The highest BCUT2D eigenvalue weighted by Gasteiger charge is 2.33. The maximum Gasteiger partial charge on any atom is 0.00793 e. The first-order chi connectivity index (χ1) is 7.18. The molecule has 2 aliphatic rings. The molecule has 1 atom stereocenters. The van der Waals surface area contributed by atoms with Gasteiger partial charge >= 0.3 is 0 Å². The molecular weight excluding hydrogens is 184 g/mol. The molecule has 2 rings (SSSR count). The maximum atomic E-state index is 3.60. The quantitative estimate of drug-likeness (QED) is 0.656. The Hall–Kier alpha value is -0.0800. The highest BCUT2D eigenvalue weighted by Crippen LogP contribution is 2.41. The SMILES string of the molecule is CC1(C)CCCC1CNCCNC1CC1. The first kappa shape index (κ1) is 11.4. The monoisotopic (exact) mass is 210 g/mol. The number of nitrogens with one attached hydrogen (secondary N) is 2. The van der Waals surface area contributed by atoms with Crippen LogP contribution >= 0.6 is 0 Å². The highest BCUT2D eigenvalue weighted by molar-refractivity contribution is 4.86. The Kier molecular flexibility index (Phi) is 3.68. The van der Waals surface area contributed by atoms with Crippen LogP contribution in [0.5, 0.6) is 0 Å². The molecule has 1 unspecified atom stereocenters. The van der Waals surface area contributed by atoms with E-state index in [0.717, 1.165) is 25.0 Å². The van der Waals surface area contributed by atoms with Crippen molar-refractivity contribution < 1.29 is 0 Å². The van der Waals surface area contributed by atoms with E-state index in [2.05, 4.69) is 24.5 Å². The van der Waals surface area contributed by atoms with Crippen LogP contribution in [0.15, 0.2) is 0 Å². The molecule has 0 aliphatic heterocycles. The van der Waals surface area contributed by atoms with Crippen LogP contribution in [0.4, 0.5) is 0 Å². The van der Waals surface area contributed by atoms with Gasteiger partial charge in [0.1, 0.15) is 0 Å². The molecule has 0 radical (unpaired) electrons. The van der Waals surface area contributed by atoms with E-state index in [0.29, 0.717) is 5.41 Å². The second-order valence-electron chi connectivity index (χ2n) is 6.01. The third kappa shape index (κ3) is 3.46. The number of hydrogen-bond donors (Lipinski definition) is 2. The van der Waals surface area contributed by atoms with E-state index in [4.69, 9.17) is 0 Å². The summed E-state index contributed by atoms with van der Waals surface area (Å²) in [6, 6.07) is 0.856. The van der Waals surface area contributed by atoms with Gasteiger partial charge in [-0.2, -0.15) is 0 Å². The van der Waals surface area contributed by atoms with Gasteiger partial charge in [-0.05, 0) is 43.6 Å². The Balaban J connectivity index is 1.52. The fraction of sp³-hybridized carbons (Fsp3) is 1.00. The molecule has 0 aromatic carbocycles. The molecule has 88 valence electrons. The summed E-state index contributed by atoms with van der Waals surface area (Å²) in [5.74, 6) is 0.901. The minimum Gasteiger partial charge on any atom is -0.315 e. The Morgan fingerprint density at radius 2 is 1.93 bits per heavy atom. The third-order valence-corrected chi connectivity index (χ3v) is 4.18. The van der Waals surface area contributed by atoms with Crippen molar-refractivity contribution in [3.63, 3.8) is 0 Å². The highest BCUT2D eigenvalue weighted by atomic mass is 15.0. The molecule has 0 bridgehead atoms. The summed E-state index contributed by atoms with van der Waals surface area (Å²) in [4.78, 5) is 0. The molecule has 2 saturated carbocycles. The lowest BCUT2D eigenvalue weighted by Gasteiger charge is -2.27. The molecular formula is C13H26N2. The van der Waals surface area contributed by atoms with Crippen LogP contribution in [0.3, 0.4) is 0 Å². The van der Waals surface area contributed by atoms with Gasteiger partial charge in [-0.1, -0.05) is 20.3 Å². The molecule has 2 aliphatic carbocycles. The molecule has 2 fully saturated rings. The summed E-state index contributed by atoms with van der Waals surface area (Å²) in [5, 5.41) is 7.14. The van der Waals surface area contributed by atoms with Crippen LogP contribution in [0, 0.1) is 11.3 Å². The fourth-order valence-corrected chi connectivity index (χ4v) is 2.71. The summed E-state index contributed by atoms with van der Waals surface area (Å²) < 4.78 is 0. The van der Waals surface area contributed by atoms with Gasteiger partial charge in [-0.15, -0.1) is 0 Å². The maximum absolute atomic E-state index is 3.60. The van der Waals surface area contributed by atoms with E-state index in [1.807, 2.05) is 0 Å². The van der Waals surface area contributed by atoms with Crippen LogP contribution in [0.2, 0.25) is 0 Å². The molecule has 2 N–H and O–H groups in total. The first-order valence-corrected chi connectivity index (χ1v) is 6.62. The molecule has 0 spiro atoms. The van der Waals surface area contributed by atoms with Gasteiger partial charge < -0.3 is 10.6 Å². The van der Waals surface area contributed by atoms with Crippen molar-refractivity contribution >= 4 is 0 Å². The number of hydrogen-bond acceptors (Lipinski definition) is 2. The third-order valence-electron chi connectivity index (χ3n) is 4.18. The van der Waals surface area contributed by atoms with E-state index in [1.165, 1.54) is 38.6 Å². The first-order valence-electron chi connectivity index (χ1n) is 6.62. The largest absolute Gasteiger partial charge is 0.315 e. The van der Waals surface area contributed by atoms with Gasteiger partial charge in [0.05, 0.1) is 0 Å². The van der Waals surface area contributed by atoms with E-state index in [-0.39, 0.29) is 0 Å². The van der Waals surface area contributed by atoms with Gasteiger partial charge in [-0.3, -0.25) is 0 Å². The van der Waals surface area contributed by atoms with Crippen LogP contribution < -0.4 is 10.6 Å². The van der Waals surface area contributed by atoms with Crippen molar-refractivity contribution in [3.05, 3.63) is 0 Å². The van der Waals surface area contributed by atoms with Crippen LogP contribution in [0.25, 0.3) is 0 Å². The van der Waals surface area contributed by atoms with Crippen molar-refractivity contribution in [1.82, 2.24) is 10.6 Å². The zero-order valence-electron chi connectivity index (χ0n) is 10.3. The Labute approximate surface area is 94.2 Å². The summed E-state index contributed by atoms with van der Waals surface area (Å²) in [5.41, 5.74) is 0.580. The lowest BCUT2D eigenvalue weighted by Crippen LogP contribution is -2.34. The lowest BCUT2D eigenvalue weighted by molar-refractivity contribution is 0.252. The van der Waals surface area contributed by atoms with Gasteiger partial charge in [0, 0.05) is 19.1 Å². The Bertz CT molecular complexity index is 197. The van der Waals surface area contributed by atoms with Gasteiger partial charge in [0.15, 0.2) is 0 Å². The summed E-state index contributed by atoms with van der Waals surface area (Å²) in [6.07, 6.45) is 7.07. The fourth-order valence-electron chi connectivity index (χ4n) is 2.71. The minimum atomic E-state index is 0.580. The van der Waals surface area contributed by atoms with Crippen LogP contribution in [0.1, 0.15) is 46.0 Å². The van der Waals surface area contributed by atoms with E-state index in [9.17, 15) is 0 Å². The predicted molar refractivity (Wildman–Crippen MR) is 65.0 cm³/mol. The molecule has 0 amide bonds. The van der Waals surface area contributed by atoms with Crippen molar-refractivity contribution in [1.29, 1.82) is 0 Å². The molecule has 0 aromatic heterocycles. The van der Waals surface area contributed by atoms with E-state index >= 15 is 0 Å². The Morgan fingerprint density at radius 1 is 1.13 bits per heavy atom. The van der Waals surface area contributed by atoms with E-state index in [1.54, 1.807) is 0 Å². The van der Waals surface area contributed by atoms with Crippen LogP contribution in [-0.4, -0.2) is 25.7 Å². The number of rotatable bonds is 6. The van der Waals surface area contributed by atoms with Crippen molar-refractivity contribution in [2.75, 3.05) is 19.6 Å². The summed E-state index contributed by atoms with van der Waals surface area (Å²) in [7, 11) is 0. The normalized spacial score (nSPS) is 29.6. The van der Waals surface area contributed by atoms with Crippen molar-refractivity contribution in [2.24, 2.45) is 11.3 Å². The Morgan fingerprint density at radius 3 is 2.53 bits per heavy atom. The standard InChI is InChI=1S/C13H26N2/c1-13(2)7-3-4-11(13)10-14-8-9-15-12-5-6-12/h11-12,14-15H,3-10H2,1-2H3. The summed E-state index contributed by atoms with van der Waals surface area (Å²) >= 11 is 0. The molecule has 2 heteroatoms. The van der Waals surface area contributed by atoms with Gasteiger partial charge in [0.25, 0.3) is 0 Å². The molecule has 2 nitrogen and oxygen atoms in total. The van der Waals surface area contributed by atoms with Crippen molar-refractivity contribution in [3.8, 4) is 0 Å². The minimum absolute atomic E-state index is 0.580. The molecule has 0 saturated heterocycles. The second kappa shape index (κ2) is 4.84. The summed E-state index contributed by atoms with van der Waals surface area (Å²) in [6.45, 7) is 8.36. The smallest absolute Gasteiger partial charge is 0.00793 e. The predicted octanol–water partition coefficient (Wildman–Crippen LogP) is 2.15. The zero-order valence-corrected chi connectivity index (χ0v) is 10.3.